The molecular formula is C14H24N2O3. The van der Waals surface area contributed by atoms with Crippen molar-refractivity contribution in [2.24, 2.45) is 11.8 Å². The first-order chi connectivity index (χ1) is 8.99. The van der Waals surface area contributed by atoms with E-state index in [1.54, 1.807) is 9.80 Å². The number of carbonyl (C=O) groups is 2. The quantitative estimate of drug-likeness (QED) is 0.848. The number of carboxylic acids is 1. The van der Waals surface area contributed by atoms with Crippen molar-refractivity contribution in [2.75, 3.05) is 20.1 Å². The molecule has 2 aliphatic rings. The topological polar surface area (TPSA) is 60.9 Å². The number of nitrogens with zero attached hydrogens (tertiary/aromatic N) is 2. The van der Waals surface area contributed by atoms with Gasteiger partial charge in [-0.2, -0.15) is 0 Å². The van der Waals surface area contributed by atoms with Gasteiger partial charge in [0.15, 0.2) is 0 Å². The molecule has 0 aromatic rings. The number of carbonyl (C=O) groups excluding carboxylic acids is 1. The Morgan fingerprint density at radius 3 is 2.63 bits per heavy atom. The molecule has 0 aromatic carbocycles. The van der Waals surface area contributed by atoms with E-state index in [0.29, 0.717) is 12.5 Å². The summed E-state index contributed by atoms with van der Waals surface area (Å²) >= 11 is 0. The van der Waals surface area contributed by atoms with Gasteiger partial charge in [0.05, 0.1) is 6.42 Å². The second-order valence-electron chi connectivity index (χ2n) is 6.08. The van der Waals surface area contributed by atoms with E-state index in [-0.39, 0.29) is 18.5 Å². The lowest BCUT2D eigenvalue weighted by molar-refractivity contribution is -0.138. The maximum absolute atomic E-state index is 12.4. The standard InChI is InChI=1S/C14H24N2O3/c1-10-7-11(10)9-15(2)14(19)16-6-4-3-5-12(16)8-13(17)18/h10-12H,3-9H2,1-2H3,(H,17,18). The van der Waals surface area contributed by atoms with E-state index in [0.717, 1.165) is 31.7 Å². The molecule has 1 saturated heterocycles. The van der Waals surface area contributed by atoms with Crippen LogP contribution in [0, 0.1) is 11.8 Å². The molecule has 1 heterocycles. The minimum Gasteiger partial charge on any atom is -0.481 e. The third kappa shape index (κ3) is 3.61. The summed E-state index contributed by atoms with van der Waals surface area (Å²) in [4.78, 5) is 26.8. The zero-order valence-corrected chi connectivity index (χ0v) is 11.8. The molecule has 5 nitrogen and oxygen atoms in total. The highest BCUT2D eigenvalue weighted by Crippen LogP contribution is 2.38. The summed E-state index contributed by atoms with van der Waals surface area (Å²) in [5, 5.41) is 8.94. The lowest BCUT2D eigenvalue weighted by atomic mass is 10.00. The van der Waals surface area contributed by atoms with Crippen molar-refractivity contribution in [3.8, 4) is 0 Å². The molecule has 1 saturated carbocycles. The van der Waals surface area contributed by atoms with Crippen molar-refractivity contribution >= 4 is 12.0 Å². The van der Waals surface area contributed by atoms with Gasteiger partial charge in [0.25, 0.3) is 0 Å². The summed E-state index contributed by atoms with van der Waals surface area (Å²) < 4.78 is 0. The summed E-state index contributed by atoms with van der Waals surface area (Å²) in [6, 6.07) is -0.122. The minimum atomic E-state index is -0.817. The van der Waals surface area contributed by atoms with Crippen LogP contribution >= 0.6 is 0 Å². The van der Waals surface area contributed by atoms with Crippen LogP contribution in [-0.4, -0.2) is 53.1 Å². The molecule has 108 valence electrons. The average Bonchev–Trinajstić information content (AvgIpc) is 3.04. The fraction of sp³-hybridized carbons (Fsp3) is 0.857. The van der Waals surface area contributed by atoms with Gasteiger partial charge in [-0.05, 0) is 37.5 Å². The van der Waals surface area contributed by atoms with Gasteiger partial charge in [-0.3, -0.25) is 4.79 Å². The van der Waals surface area contributed by atoms with Gasteiger partial charge < -0.3 is 14.9 Å². The number of urea groups is 1. The largest absolute Gasteiger partial charge is 0.481 e. The Bertz CT molecular complexity index is 359. The molecule has 0 bridgehead atoms. The van der Waals surface area contributed by atoms with E-state index in [9.17, 15) is 9.59 Å². The van der Waals surface area contributed by atoms with Crippen LogP contribution in [0.15, 0.2) is 0 Å². The number of hydrogen-bond donors (Lipinski definition) is 1. The van der Waals surface area contributed by atoms with Crippen LogP contribution in [0.3, 0.4) is 0 Å². The van der Waals surface area contributed by atoms with E-state index in [1.807, 2.05) is 7.05 Å². The predicted molar refractivity (Wildman–Crippen MR) is 71.9 cm³/mol. The molecular weight excluding hydrogens is 244 g/mol. The Balaban J connectivity index is 1.92. The SMILES string of the molecule is CC1CC1CN(C)C(=O)N1CCCCC1CC(=O)O. The zero-order chi connectivity index (χ0) is 14.0. The van der Waals surface area contributed by atoms with Gasteiger partial charge in [0.1, 0.15) is 0 Å². The van der Waals surface area contributed by atoms with Gasteiger partial charge in [-0.15, -0.1) is 0 Å². The molecule has 2 amide bonds. The third-order valence-electron chi connectivity index (χ3n) is 4.39. The van der Waals surface area contributed by atoms with Crippen molar-refractivity contribution in [1.82, 2.24) is 9.80 Å². The first kappa shape index (κ1) is 14.2. The molecule has 0 radical (unpaired) electrons. The summed E-state index contributed by atoms with van der Waals surface area (Å²) in [7, 11) is 1.83. The molecule has 1 N–H and O–H groups in total. The van der Waals surface area contributed by atoms with Crippen molar-refractivity contribution in [1.29, 1.82) is 0 Å². The Labute approximate surface area is 114 Å². The van der Waals surface area contributed by atoms with E-state index < -0.39 is 5.97 Å². The van der Waals surface area contributed by atoms with Crippen LogP contribution in [0.2, 0.25) is 0 Å². The second-order valence-corrected chi connectivity index (χ2v) is 6.08. The van der Waals surface area contributed by atoms with Crippen LogP contribution in [0.4, 0.5) is 4.79 Å². The van der Waals surface area contributed by atoms with Gasteiger partial charge >= 0.3 is 12.0 Å². The van der Waals surface area contributed by atoms with Crippen molar-refractivity contribution in [2.45, 2.75) is 45.1 Å². The van der Waals surface area contributed by atoms with Gasteiger partial charge in [-0.25, -0.2) is 4.79 Å². The van der Waals surface area contributed by atoms with Crippen LogP contribution in [-0.2, 0) is 4.79 Å². The maximum atomic E-state index is 12.4. The average molecular weight is 268 g/mol. The zero-order valence-electron chi connectivity index (χ0n) is 11.8. The monoisotopic (exact) mass is 268 g/mol. The smallest absolute Gasteiger partial charge is 0.320 e. The molecule has 0 spiro atoms. The third-order valence-corrected chi connectivity index (χ3v) is 4.39. The van der Waals surface area contributed by atoms with Crippen LogP contribution < -0.4 is 0 Å². The van der Waals surface area contributed by atoms with E-state index in [2.05, 4.69) is 6.92 Å². The second kappa shape index (κ2) is 5.80. The van der Waals surface area contributed by atoms with Crippen molar-refractivity contribution < 1.29 is 14.7 Å². The van der Waals surface area contributed by atoms with Crippen molar-refractivity contribution in [3.63, 3.8) is 0 Å². The number of likely N-dealkylation sites (tertiary alicyclic amines) is 1. The molecule has 5 heteroatoms. The lowest BCUT2D eigenvalue weighted by Gasteiger charge is -2.37. The fourth-order valence-electron chi connectivity index (χ4n) is 2.97. The summed E-state index contributed by atoms with van der Waals surface area (Å²) in [6.07, 6.45) is 4.09. The highest BCUT2D eigenvalue weighted by molar-refractivity contribution is 5.76. The van der Waals surface area contributed by atoms with Crippen LogP contribution in [0.5, 0.6) is 0 Å². The van der Waals surface area contributed by atoms with Gasteiger partial charge in [0.2, 0.25) is 0 Å². The fourth-order valence-corrected chi connectivity index (χ4v) is 2.97. The molecule has 3 unspecified atom stereocenters. The highest BCUT2D eigenvalue weighted by atomic mass is 16.4. The Morgan fingerprint density at radius 1 is 1.37 bits per heavy atom. The number of amides is 2. The summed E-state index contributed by atoms with van der Waals surface area (Å²) in [5.41, 5.74) is 0. The molecule has 2 fully saturated rings. The summed E-state index contributed by atoms with van der Waals surface area (Å²) in [5.74, 6) is 0.547. The first-order valence-electron chi connectivity index (χ1n) is 7.22. The van der Waals surface area contributed by atoms with E-state index in [1.165, 1.54) is 6.42 Å². The first-order valence-corrected chi connectivity index (χ1v) is 7.22. The van der Waals surface area contributed by atoms with Crippen LogP contribution in [0.1, 0.15) is 39.0 Å². The summed E-state index contributed by atoms with van der Waals surface area (Å²) in [6.45, 7) is 3.70. The Kier molecular flexibility index (Phi) is 4.32. The molecule has 19 heavy (non-hydrogen) atoms. The maximum Gasteiger partial charge on any atom is 0.320 e. The van der Waals surface area contributed by atoms with Gasteiger partial charge in [-0.1, -0.05) is 6.92 Å². The highest BCUT2D eigenvalue weighted by Gasteiger charge is 2.36. The Morgan fingerprint density at radius 2 is 2.05 bits per heavy atom. The minimum absolute atomic E-state index is 0.00468. The number of hydrogen-bond acceptors (Lipinski definition) is 2. The molecule has 2 rings (SSSR count). The normalized spacial score (nSPS) is 30.0. The lowest BCUT2D eigenvalue weighted by Crippen LogP contribution is -2.50. The van der Waals surface area contributed by atoms with E-state index in [4.69, 9.17) is 5.11 Å². The Hall–Kier alpha value is -1.26. The number of aliphatic carboxylic acids is 1. The number of piperidine rings is 1. The van der Waals surface area contributed by atoms with Crippen LogP contribution in [0.25, 0.3) is 0 Å². The molecule has 1 aliphatic carbocycles. The van der Waals surface area contributed by atoms with E-state index >= 15 is 0 Å². The number of rotatable bonds is 4. The predicted octanol–water partition coefficient (Wildman–Crippen LogP) is 2.02. The number of carboxylic acid groups (broad SMARTS) is 1. The molecule has 1 aliphatic heterocycles. The van der Waals surface area contributed by atoms with Crippen molar-refractivity contribution in [3.05, 3.63) is 0 Å². The molecule has 3 atom stereocenters. The molecule has 0 aromatic heterocycles. The van der Waals surface area contributed by atoms with Gasteiger partial charge in [0, 0.05) is 26.2 Å².